The predicted molar refractivity (Wildman–Crippen MR) is 70.1 cm³/mol. The molecule has 0 fully saturated rings. The smallest absolute Gasteiger partial charge is 0.351 e. The number of hydrogen-bond donors (Lipinski definition) is 2. The molecule has 1 aromatic carbocycles. The van der Waals surface area contributed by atoms with E-state index >= 15 is 0 Å². The van der Waals surface area contributed by atoms with Crippen LogP contribution in [0.3, 0.4) is 0 Å². The first-order chi connectivity index (χ1) is 8.49. The Hall–Kier alpha value is -2.08. The van der Waals surface area contributed by atoms with Crippen LogP contribution < -0.4 is 5.43 Å². The first-order valence-corrected chi connectivity index (χ1v) is 5.52. The molecule has 0 bridgehead atoms. The Morgan fingerprint density at radius 1 is 1.56 bits per heavy atom. The minimum absolute atomic E-state index is 0.0156. The van der Waals surface area contributed by atoms with Gasteiger partial charge in [0.15, 0.2) is 5.15 Å². The molecule has 2 rings (SSSR count). The Bertz CT molecular complexity index is 648. The first kappa shape index (κ1) is 12.4. The number of aliphatic carboxylic acids is 1. The molecule has 2 aromatic rings. The minimum atomic E-state index is -1.06. The summed E-state index contributed by atoms with van der Waals surface area (Å²) >= 11 is 5.94. The third-order valence-corrected chi connectivity index (χ3v) is 2.75. The topological polar surface area (TPSA) is 79.5 Å². The van der Waals surface area contributed by atoms with Gasteiger partial charge >= 0.3 is 5.97 Å². The van der Waals surface area contributed by atoms with Gasteiger partial charge in [-0.2, -0.15) is 10.2 Å². The fourth-order valence-electron chi connectivity index (χ4n) is 1.48. The van der Waals surface area contributed by atoms with Gasteiger partial charge in [0.2, 0.25) is 0 Å². The largest absolute Gasteiger partial charge is 0.477 e. The van der Waals surface area contributed by atoms with Crippen molar-refractivity contribution in [2.45, 2.75) is 6.92 Å². The van der Waals surface area contributed by atoms with Crippen LogP contribution in [0.4, 0.5) is 5.69 Å². The van der Waals surface area contributed by atoms with Crippen LogP contribution in [-0.4, -0.2) is 26.6 Å². The summed E-state index contributed by atoms with van der Waals surface area (Å²) in [5, 5.41) is 17.8. The molecular weight excluding hydrogens is 256 g/mol. The average molecular weight is 267 g/mol. The molecular formula is C11H11ClN4O2. The zero-order chi connectivity index (χ0) is 13.3. The van der Waals surface area contributed by atoms with Gasteiger partial charge in [-0.15, -0.1) is 0 Å². The Balaban J connectivity index is 2.33. The zero-order valence-corrected chi connectivity index (χ0v) is 10.6. The van der Waals surface area contributed by atoms with Crippen LogP contribution in [0.25, 0.3) is 10.9 Å². The number of nitrogens with one attached hydrogen (secondary N) is 1. The van der Waals surface area contributed by atoms with Crippen molar-refractivity contribution in [1.82, 2.24) is 9.78 Å². The summed E-state index contributed by atoms with van der Waals surface area (Å²) in [4.78, 5) is 10.6. The Kier molecular flexibility index (Phi) is 3.20. The number of carboxylic acids is 1. The predicted octanol–water partition coefficient (Wildman–Crippen LogP) is 2.10. The number of hydrogen-bond acceptors (Lipinski definition) is 4. The lowest BCUT2D eigenvalue weighted by Crippen LogP contribution is -2.10. The molecule has 0 saturated carbocycles. The van der Waals surface area contributed by atoms with Gasteiger partial charge in [0.25, 0.3) is 0 Å². The number of hydrazone groups is 1. The standard InChI is InChI=1S/C11H11ClN4O2/c1-6(11(17)18)13-14-7-3-4-8-9(5-7)16(2)15-10(8)12/h3-5,14H,1-2H3,(H,17,18)/b13-6+. The van der Waals surface area contributed by atoms with Crippen molar-refractivity contribution in [2.75, 3.05) is 5.43 Å². The number of aromatic nitrogens is 2. The van der Waals surface area contributed by atoms with Crippen LogP contribution in [0.5, 0.6) is 0 Å². The number of halogens is 1. The third kappa shape index (κ3) is 2.28. The molecule has 18 heavy (non-hydrogen) atoms. The highest BCUT2D eigenvalue weighted by Gasteiger charge is 2.07. The second-order valence-corrected chi connectivity index (χ2v) is 4.12. The molecule has 0 amide bonds. The summed E-state index contributed by atoms with van der Waals surface area (Å²) in [6.45, 7) is 1.41. The van der Waals surface area contributed by atoms with Crippen LogP contribution in [0.1, 0.15) is 6.92 Å². The molecule has 0 aliphatic carbocycles. The number of benzene rings is 1. The number of carboxylic acid groups (broad SMARTS) is 1. The molecule has 0 aliphatic heterocycles. The molecule has 0 aliphatic rings. The van der Waals surface area contributed by atoms with Crippen molar-refractivity contribution in [2.24, 2.45) is 12.1 Å². The van der Waals surface area contributed by atoms with E-state index in [9.17, 15) is 4.79 Å². The molecule has 0 atom stereocenters. The number of nitrogens with zero attached hydrogens (tertiary/aromatic N) is 3. The molecule has 7 heteroatoms. The van der Waals surface area contributed by atoms with Crippen molar-refractivity contribution in [3.05, 3.63) is 23.4 Å². The maximum absolute atomic E-state index is 10.6. The molecule has 94 valence electrons. The van der Waals surface area contributed by atoms with E-state index in [-0.39, 0.29) is 5.71 Å². The molecule has 0 saturated heterocycles. The minimum Gasteiger partial charge on any atom is -0.477 e. The van der Waals surface area contributed by atoms with Crippen molar-refractivity contribution < 1.29 is 9.90 Å². The highest BCUT2D eigenvalue weighted by Crippen LogP contribution is 2.24. The van der Waals surface area contributed by atoms with E-state index in [1.54, 1.807) is 29.9 Å². The van der Waals surface area contributed by atoms with Crippen LogP contribution in [0.15, 0.2) is 23.3 Å². The van der Waals surface area contributed by atoms with Crippen molar-refractivity contribution in [3.8, 4) is 0 Å². The fourth-order valence-corrected chi connectivity index (χ4v) is 1.75. The SMILES string of the molecule is C/C(=N\Nc1ccc2c(Cl)nn(C)c2c1)C(=O)O. The monoisotopic (exact) mass is 266 g/mol. The summed E-state index contributed by atoms with van der Waals surface area (Å²) in [6.07, 6.45) is 0. The van der Waals surface area contributed by atoms with Gasteiger partial charge in [0, 0.05) is 12.4 Å². The lowest BCUT2D eigenvalue weighted by atomic mass is 10.2. The summed E-state index contributed by atoms with van der Waals surface area (Å²) in [5.74, 6) is -1.06. The van der Waals surface area contributed by atoms with E-state index in [0.29, 0.717) is 10.8 Å². The number of fused-ring (bicyclic) bond motifs is 1. The van der Waals surface area contributed by atoms with Crippen molar-refractivity contribution in [3.63, 3.8) is 0 Å². The maximum Gasteiger partial charge on any atom is 0.351 e. The quantitative estimate of drug-likeness (QED) is 0.659. The molecule has 0 radical (unpaired) electrons. The van der Waals surface area contributed by atoms with Gasteiger partial charge < -0.3 is 5.11 Å². The van der Waals surface area contributed by atoms with Crippen LogP contribution in [0, 0.1) is 0 Å². The van der Waals surface area contributed by atoms with E-state index in [0.717, 1.165) is 10.9 Å². The van der Waals surface area contributed by atoms with Crippen LogP contribution in [-0.2, 0) is 11.8 Å². The molecule has 0 unspecified atom stereocenters. The Labute approximate surface area is 108 Å². The average Bonchev–Trinajstić information content (AvgIpc) is 2.61. The van der Waals surface area contributed by atoms with Crippen LogP contribution >= 0.6 is 11.6 Å². The fraction of sp³-hybridized carbons (Fsp3) is 0.182. The van der Waals surface area contributed by atoms with E-state index in [4.69, 9.17) is 16.7 Å². The molecule has 1 aromatic heterocycles. The van der Waals surface area contributed by atoms with Gasteiger partial charge in [0.1, 0.15) is 5.71 Å². The lowest BCUT2D eigenvalue weighted by molar-refractivity contribution is -0.129. The number of aryl methyl sites for hydroxylation is 1. The van der Waals surface area contributed by atoms with Gasteiger partial charge in [-0.25, -0.2) is 4.79 Å². The van der Waals surface area contributed by atoms with Gasteiger partial charge in [0.05, 0.1) is 11.2 Å². The molecule has 1 heterocycles. The highest BCUT2D eigenvalue weighted by atomic mass is 35.5. The van der Waals surface area contributed by atoms with Crippen molar-refractivity contribution in [1.29, 1.82) is 0 Å². The number of rotatable bonds is 3. The summed E-state index contributed by atoms with van der Waals surface area (Å²) < 4.78 is 1.65. The molecule has 0 spiro atoms. The summed E-state index contributed by atoms with van der Waals surface area (Å²) in [5.41, 5.74) is 4.17. The maximum atomic E-state index is 10.6. The van der Waals surface area contributed by atoms with E-state index < -0.39 is 5.97 Å². The summed E-state index contributed by atoms with van der Waals surface area (Å²) in [6, 6.07) is 5.36. The number of anilines is 1. The van der Waals surface area contributed by atoms with E-state index in [1.807, 2.05) is 0 Å². The number of carbonyl (C=O) groups is 1. The van der Waals surface area contributed by atoms with Gasteiger partial charge in [-0.1, -0.05) is 11.6 Å². The van der Waals surface area contributed by atoms with E-state index in [1.165, 1.54) is 6.92 Å². The molecule has 2 N–H and O–H groups in total. The van der Waals surface area contributed by atoms with Gasteiger partial charge in [-0.3, -0.25) is 10.1 Å². The second-order valence-electron chi connectivity index (χ2n) is 3.76. The molecule has 6 nitrogen and oxygen atoms in total. The highest BCUT2D eigenvalue weighted by molar-refractivity contribution is 6.35. The normalized spacial score (nSPS) is 11.8. The van der Waals surface area contributed by atoms with Gasteiger partial charge in [-0.05, 0) is 25.1 Å². The lowest BCUT2D eigenvalue weighted by Gasteiger charge is -2.02. The van der Waals surface area contributed by atoms with E-state index in [2.05, 4.69) is 15.6 Å². The Morgan fingerprint density at radius 3 is 2.94 bits per heavy atom. The Morgan fingerprint density at radius 2 is 2.28 bits per heavy atom. The zero-order valence-electron chi connectivity index (χ0n) is 9.81. The van der Waals surface area contributed by atoms with Crippen molar-refractivity contribution >= 4 is 39.9 Å². The van der Waals surface area contributed by atoms with Crippen LogP contribution in [0.2, 0.25) is 5.15 Å². The second kappa shape index (κ2) is 4.66. The first-order valence-electron chi connectivity index (χ1n) is 5.15. The summed E-state index contributed by atoms with van der Waals surface area (Å²) in [7, 11) is 1.78. The third-order valence-electron chi connectivity index (χ3n) is 2.47.